The van der Waals surface area contributed by atoms with Gasteiger partial charge in [0.25, 0.3) is 0 Å². The van der Waals surface area contributed by atoms with E-state index in [0.717, 1.165) is 54.4 Å². The molecule has 0 saturated heterocycles. The van der Waals surface area contributed by atoms with Crippen LogP contribution in [0.4, 0.5) is 11.4 Å². The van der Waals surface area contributed by atoms with E-state index in [0.29, 0.717) is 35.6 Å². The van der Waals surface area contributed by atoms with Crippen molar-refractivity contribution in [3.63, 3.8) is 0 Å². The molecule has 0 spiro atoms. The predicted octanol–water partition coefficient (Wildman–Crippen LogP) is 12.0. The van der Waals surface area contributed by atoms with Gasteiger partial charge in [0.05, 0.1) is 22.8 Å². The highest BCUT2D eigenvalue weighted by atomic mass is 79.9. The molecule has 1 N–H and O–H groups in total. The van der Waals surface area contributed by atoms with Crippen LogP contribution in [0.3, 0.4) is 0 Å². The highest BCUT2D eigenvalue weighted by Crippen LogP contribution is 2.32. The summed E-state index contributed by atoms with van der Waals surface area (Å²) < 4.78 is 1.53. The van der Waals surface area contributed by atoms with E-state index in [1.54, 1.807) is 36.9 Å². The Kier molecular flexibility index (Phi) is 16.2. The van der Waals surface area contributed by atoms with Crippen molar-refractivity contribution >= 4 is 74.3 Å². The minimum Gasteiger partial charge on any atom is -0.337 e. The molecule has 0 bridgehead atoms. The number of Topliss-reactive ketones (excluding diaryl/α,β-unsaturated/α-hetero) is 2. The number of ketones is 2. The molecule has 0 unspecified atom stereocenters. The summed E-state index contributed by atoms with van der Waals surface area (Å²) in [6.07, 6.45) is 8.51. The van der Waals surface area contributed by atoms with E-state index in [1.807, 2.05) is 42.5 Å². The Morgan fingerprint density at radius 3 is 1.61 bits per heavy atom. The van der Waals surface area contributed by atoms with Crippen LogP contribution >= 0.6 is 39.9 Å². The molecule has 8 rings (SSSR count). The van der Waals surface area contributed by atoms with Gasteiger partial charge in [0.15, 0.2) is 9.93 Å². The lowest BCUT2D eigenvalue weighted by molar-refractivity contribution is -0.118. The van der Waals surface area contributed by atoms with Crippen LogP contribution in [0, 0.1) is 32.5 Å². The van der Waals surface area contributed by atoms with E-state index < -0.39 is 0 Å². The molecule has 2 aromatic heterocycles. The number of rotatable bonds is 4. The molecule has 0 radical (unpaired) electrons. The number of nitrogens with zero attached hydrogens (tertiary/aromatic N) is 5. The first-order valence-corrected chi connectivity index (χ1v) is 19.7. The number of aryl methyl sites for hydroxylation is 4. The number of halogens is 1. The minimum absolute atomic E-state index is 0. The van der Waals surface area contributed by atoms with Gasteiger partial charge >= 0.3 is 0 Å². The van der Waals surface area contributed by atoms with Crippen molar-refractivity contribution < 1.29 is 9.59 Å². The first-order valence-electron chi connectivity index (χ1n) is 17.7. The highest BCUT2D eigenvalue weighted by molar-refractivity contribution is 9.10. The number of aromatic nitrogens is 4. The van der Waals surface area contributed by atoms with E-state index in [2.05, 4.69) is 106 Å². The summed E-state index contributed by atoms with van der Waals surface area (Å²) in [5.74, 6) is 0.413. The van der Waals surface area contributed by atoms with E-state index >= 15 is 0 Å². The van der Waals surface area contributed by atoms with Crippen LogP contribution in [0.15, 0.2) is 134 Å². The van der Waals surface area contributed by atoms with Crippen molar-refractivity contribution in [1.29, 1.82) is 0 Å². The van der Waals surface area contributed by atoms with Crippen LogP contribution in [0.1, 0.15) is 72.2 Å². The summed E-state index contributed by atoms with van der Waals surface area (Å²) in [7, 11) is 0. The summed E-state index contributed by atoms with van der Waals surface area (Å²) in [6.45, 7) is 8.30. The number of benzene rings is 4. The number of aromatic amines is 1. The van der Waals surface area contributed by atoms with Gasteiger partial charge in [0, 0.05) is 59.8 Å². The van der Waals surface area contributed by atoms with Crippen molar-refractivity contribution in [3.05, 3.63) is 163 Å². The maximum Gasteiger partial charge on any atom is 0.196 e. The van der Waals surface area contributed by atoms with E-state index in [-0.39, 0.29) is 26.4 Å². The number of fused-ring (bicyclic) bond motifs is 2. The van der Waals surface area contributed by atoms with Crippen LogP contribution in [0.2, 0.25) is 0 Å². The molecule has 292 valence electrons. The summed E-state index contributed by atoms with van der Waals surface area (Å²) in [5.41, 5.74) is 12.3. The fraction of sp³-hybridized carbons (Fsp3) is 0.217. The lowest BCUT2D eigenvalue weighted by Gasteiger charge is -2.08. The second-order valence-electron chi connectivity index (χ2n) is 13.3. The molecule has 0 saturated carbocycles. The summed E-state index contributed by atoms with van der Waals surface area (Å²) >= 11 is 9.62. The van der Waals surface area contributed by atoms with Crippen LogP contribution in [-0.2, 0) is 22.4 Å². The molecule has 2 aliphatic heterocycles. The SMILES string of the molecule is C.C.Cc1cc2c(cc1C)N=C(c1cccc(Br)c1)CC(=O)C2.Cc1cc2c(cc1C)N=C(c1cccc(Sc3ncccn3)c1)CC(=O)C2.S=c1nccc[nH]1. The zero-order chi connectivity index (χ0) is 38.9. The molecular formula is C46H47BrN6O2S2. The van der Waals surface area contributed by atoms with E-state index in [9.17, 15) is 9.59 Å². The zero-order valence-electron chi connectivity index (χ0n) is 31.0. The second-order valence-corrected chi connectivity index (χ2v) is 15.6. The fourth-order valence-electron chi connectivity index (χ4n) is 6.00. The largest absolute Gasteiger partial charge is 0.337 e. The molecule has 4 aromatic carbocycles. The lowest BCUT2D eigenvalue weighted by atomic mass is 9.99. The number of carbonyl (C=O) groups is 2. The van der Waals surface area contributed by atoms with Gasteiger partial charge in [-0.3, -0.25) is 19.6 Å². The quantitative estimate of drug-likeness (QED) is 0.139. The van der Waals surface area contributed by atoms with Gasteiger partial charge in [-0.15, -0.1) is 0 Å². The van der Waals surface area contributed by atoms with Crippen molar-refractivity contribution in [1.82, 2.24) is 19.9 Å². The molecule has 2 aliphatic rings. The third-order valence-electron chi connectivity index (χ3n) is 9.06. The van der Waals surface area contributed by atoms with Crippen molar-refractivity contribution in [2.45, 2.75) is 78.3 Å². The van der Waals surface area contributed by atoms with E-state index in [4.69, 9.17) is 9.98 Å². The minimum atomic E-state index is 0. The average molecular weight is 860 g/mol. The van der Waals surface area contributed by atoms with Crippen LogP contribution in [-0.4, -0.2) is 42.9 Å². The first kappa shape index (κ1) is 44.5. The number of H-pyrrole nitrogens is 1. The molecule has 0 atom stereocenters. The van der Waals surface area contributed by atoms with Gasteiger partial charge in [-0.25, -0.2) is 15.0 Å². The van der Waals surface area contributed by atoms with Gasteiger partial charge in [-0.1, -0.05) is 67.2 Å². The Hall–Kier alpha value is -5.23. The normalized spacial score (nSPS) is 12.9. The Morgan fingerprint density at radius 2 is 1.12 bits per heavy atom. The Bertz CT molecular complexity index is 2480. The molecule has 0 fully saturated rings. The van der Waals surface area contributed by atoms with Crippen LogP contribution < -0.4 is 0 Å². The molecule has 8 nitrogen and oxygen atoms in total. The molecular weight excluding hydrogens is 813 g/mol. The maximum atomic E-state index is 12.5. The van der Waals surface area contributed by atoms with Gasteiger partial charge in [-0.05, 0) is 145 Å². The van der Waals surface area contributed by atoms with Crippen molar-refractivity contribution in [2.75, 3.05) is 0 Å². The molecule has 0 amide bonds. The number of hydrogen-bond acceptors (Lipinski definition) is 9. The van der Waals surface area contributed by atoms with Gasteiger partial charge in [-0.2, -0.15) is 0 Å². The van der Waals surface area contributed by atoms with Crippen molar-refractivity contribution in [2.24, 2.45) is 9.98 Å². The van der Waals surface area contributed by atoms with Gasteiger partial charge in [0.1, 0.15) is 11.6 Å². The monoisotopic (exact) mass is 858 g/mol. The summed E-state index contributed by atoms with van der Waals surface area (Å²) in [6, 6.07) is 28.0. The van der Waals surface area contributed by atoms with Crippen LogP contribution in [0.25, 0.3) is 0 Å². The third-order valence-corrected chi connectivity index (χ3v) is 10.7. The summed E-state index contributed by atoms with van der Waals surface area (Å²) in [5, 5.41) is 0.699. The van der Waals surface area contributed by atoms with Crippen molar-refractivity contribution in [3.8, 4) is 0 Å². The second kappa shape index (κ2) is 20.8. The predicted molar refractivity (Wildman–Crippen MR) is 241 cm³/mol. The van der Waals surface area contributed by atoms with E-state index in [1.165, 1.54) is 34.0 Å². The highest BCUT2D eigenvalue weighted by Gasteiger charge is 2.20. The first-order chi connectivity index (χ1) is 26.5. The molecule has 57 heavy (non-hydrogen) atoms. The third kappa shape index (κ3) is 12.4. The fourth-order valence-corrected chi connectivity index (χ4v) is 7.30. The number of carbonyl (C=O) groups excluding carboxylic acids is 2. The Labute approximate surface area is 353 Å². The Balaban J connectivity index is 0.000000213. The zero-order valence-corrected chi connectivity index (χ0v) is 34.2. The van der Waals surface area contributed by atoms with Crippen LogP contribution in [0.5, 0.6) is 0 Å². The maximum absolute atomic E-state index is 12.5. The summed E-state index contributed by atoms with van der Waals surface area (Å²) in [4.78, 5) is 50.4. The van der Waals surface area contributed by atoms with Gasteiger partial charge in [0.2, 0.25) is 0 Å². The molecule has 6 aromatic rings. The Morgan fingerprint density at radius 1 is 0.614 bits per heavy atom. The number of aliphatic imine (C=N–C) groups is 2. The number of nitrogens with one attached hydrogen (secondary N) is 1. The number of hydrogen-bond donors (Lipinski definition) is 1. The standard InChI is InChI=1S/C22H19N3OS.C18H16BrNO.C4H4N2S.2CH4/c1-14-9-17-11-18(26)13-21(25-20(17)10-15(14)2)16-5-3-6-19(12-16)27-22-23-7-4-8-24-22;1-11-6-14-9-16(21)10-18(20-17(14)7-12(11)2)13-4-3-5-15(19)8-13;7-4-5-2-1-3-6-4;;/h3-10,12H,11,13H2,1-2H3;3-8H,9-10H2,1-2H3;1-3H,(H,5,6,7);2*1H4. The molecule has 11 heteroatoms. The molecule has 0 aliphatic carbocycles. The topological polar surface area (TPSA) is 113 Å². The smallest absolute Gasteiger partial charge is 0.196 e. The molecule has 4 heterocycles. The van der Waals surface area contributed by atoms with Gasteiger partial charge < -0.3 is 4.98 Å². The average Bonchev–Trinajstić information content (AvgIpc) is 3.43. The lowest BCUT2D eigenvalue weighted by Crippen LogP contribution is -2.09.